The molecule has 2 N–H and O–H groups in total. The third-order valence-corrected chi connectivity index (χ3v) is 4.81. The normalized spacial score (nSPS) is 18.5. The number of benzene rings is 2. The Balaban J connectivity index is 1.73. The smallest absolute Gasteiger partial charge is 0.325 e. The van der Waals surface area contributed by atoms with Crippen molar-refractivity contribution in [2.45, 2.75) is 25.8 Å². The number of urea groups is 1. The Morgan fingerprint density at radius 2 is 1.69 bits per heavy atom. The van der Waals surface area contributed by atoms with Gasteiger partial charge in [0, 0.05) is 17.7 Å². The number of carbonyl (C=O) groups is 4. The number of nitrogens with zero attached hydrogens (tertiary/aromatic N) is 1. The number of imide groups is 1. The summed E-state index contributed by atoms with van der Waals surface area (Å²) < 4.78 is 13.2. The van der Waals surface area contributed by atoms with Gasteiger partial charge in [-0.2, -0.15) is 0 Å². The number of ketones is 1. The number of hydrogen-bond donors (Lipinski definition) is 2. The summed E-state index contributed by atoms with van der Waals surface area (Å²) in [4.78, 5) is 50.0. The Morgan fingerprint density at radius 1 is 1.07 bits per heavy atom. The molecule has 150 valence electrons. The summed E-state index contributed by atoms with van der Waals surface area (Å²) in [5.41, 5.74) is -0.106. The maximum absolute atomic E-state index is 13.2. The van der Waals surface area contributed by atoms with Gasteiger partial charge >= 0.3 is 6.03 Å². The first-order chi connectivity index (χ1) is 13.7. The van der Waals surface area contributed by atoms with E-state index in [9.17, 15) is 23.6 Å². The second-order valence-corrected chi connectivity index (χ2v) is 6.86. The molecule has 8 heteroatoms. The molecular weight excluding hydrogens is 377 g/mol. The molecule has 1 atom stereocenters. The average Bonchev–Trinajstić information content (AvgIpc) is 2.92. The van der Waals surface area contributed by atoms with Gasteiger partial charge in [-0.25, -0.2) is 9.18 Å². The first-order valence-corrected chi connectivity index (χ1v) is 9.08. The van der Waals surface area contributed by atoms with Crippen LogP contribution in [0.5, 0.6) is 0 Å². The number of Topliss-reactive ketones (excluding diaryl/α,β-unsaturated/α-hetero) is 1. The maximum atomic E-state index is 13.2. The van der Waals surface area contributed by atoms with Crippen LogP contribution in [0.15, 0.2) is 48.5 Å². The Kier molecular flexibility index (Phi) is 5.45. The van der Waals surface area contributed by atoms with Gasteiger partial charge in [0.25, 0.3) is 5.91 Å². The average molecular weight is 397 g/mol. The molecule has 1 heterocycles. The molecule has 1 aliphatic heterocycles. The number of carbonyl (C=O) groups excluding carboxylic acids is 4. The molecule has 3 rings (SSSR count). The summed E-state index contributed by atoms with van der Waals surface area (Å²) in [5.74, 6) is -1.62. The summed E-state index contributed by atoms with van der Waals surface area (Å²) in [6.45, 7) is 2.81. The highest BCUT2D eigenvalue weighted by Crippen LogP contribution is 2.29. The molecule has 0 saturated carbocycles. The summed E-state index contributed by atoms with van der Waals surface area (Å²) in [6, 6.07) is 10.7. The van der Waals surface area contributed by atoms with Crippen molar-refractivity contribution in [3.63, 3.8) is 0 Å². The number of anilines is 1. The van der Waals surface area contributed by atoms with Gasteiger partial charge < -0.3 is 10.6 Å². The van der Waals surface area contributed by atoms with Crippen LogP contribution in [0.4, 0.5) is 14.9 Å². The number of halogens is 1. The minimum atomic E-state index is -1.38. The van der Waals surface area contributed by atoms with E-state index in [0.29, 0.717) is 23.2 Å². The van der Waals surface area contributed by atoms with E-state index in [-0.39, 0.29) is 5.91 Å². The molecular formula is C21H20FN3O4. The standard InChI is InChI=1S/C21H20FN3O4/c1-3-18(27)23-16-10-4-13(5-11-16)17(26)12-25-19(28)21(2,24-20(25)29)14-6-8-15(22)9-7-14/h4-11H,3,12H2,1-2H3,(H,23,27)(H,24,29)/t21-/m0/s1. The van der Waals surface area contributed by atoms with Crippen molar-refractivity contribution in [1.82, 2.24) is 10.2 Å². The van der Waals surface area contributed by atoms with Crippen molar-refractivity contribution >= 4 is 29.3 Å². The fourth-order valence-corrected chi connectivity index (χ4v) is 3.04. The fraction of sp³-hybridized carbons (Fsp3) is 0.238. The van der Waals surface area contributed by atoms with Crippen LogP contribution in [0.2, 0.25) is 0 Å². The van der Waals surface area contributed by atoms with Gasteiger partial charge in [0.05, 0.1) is 6.54 Å². The lowest BCUT2D eigenvalue weighted by molar-refractivity contribution is -0.130. The highest BCUT2D eigenvalue weighted by molar-refractivity contribution is 6.11. The van der Waals surface area contributed by atoms with E-state index in [2.05, 4.69) is 10.6 Å². The molecule has 1 saturated heterocycles. The summed E-state index contributed by atoms with van der Waals surface area (Å²) in [7, 11) is 0. The first-order valence-electron chi connectivity index (χ1n) is 9.08. The van der Waals surface area contributed by atoms with E-state index < -0.39 is 35.6 Å². The molecule has 0 aliphatic carbocycles. The lowest BCUT2D eigenvalue weighted by atomic mass is 9.92. The topological polar surface area (TPSA) is 95.6 Å². The third-order valence-electron chi connectivity index (χ3n) is 4.81. The minimum Gasteiger partial charge on any atom is -0.326 e. The Bertz CT molecular complexity index is 972. The van der Waals surface area contributed by atoms with Crippen LogP contribution in [0.25, 0.3) is 0 Å². The van der Waals surface area contributed by atoms with Crippen molar-refractivity contribution in [2.24, 2.45) is 0 Å². The predicted molar refractivity (Wildman–Crippen MR) is 104 cm³/mol. The van der Waals surface area contributed by atoms with Crippen LogP contribution in [0, 0.1) is 5.82 Å². The number of nitrogens with one attached hydrogen (secondary N) is 2. The summed E-state index contributed by atoms with van der Waals surface area (Å²) in [5, 5.41) is 5.25. The van der Waals surface area contributed by atoms with E-state index in [1.165, 1.54) is 43.3 Å². The highest BCUT2D eigenvalue weighted by Gasteiger charge is 2.49. The van der Waals surface area contributed by atoms with Crippen LogP contribution < -0.4 is 10.6 Å². The fourth-order valence-electron chi connectivity index (χ4n) is 3.04. The Hall–Kier alpha value is -3.55. The van der Waals surface area contributed by atoms with Crippen LogP contribution in [0.1, 0.15) is 36.2 Å². The lowest BCUT2D eigenvalue weighted by Gasteiger charge is -2.22. The molecule has 1 fully saturated rings. The van der Waals surface area contributed by atoms with Crippen LogP contribution in [-0.4, -0.2) is 35.1 Å². The molecule has 29 heavy (non-hydrogen) atoms. The molecule has 2 aromatic rings. The van der Waals surface area contributed by atoms with Gasteiger partial charge in [-0.1, -0.05) is 19.1 Å². The van der Waals surface area contributed by atoms with E-state index in [0.717, 1.165) is 4.90 Å². The van der Waals surface area contributed by atoms with Crippen LogP contribution >= 0.6 is 0 Å². The Labute approximate surface area is 166 Å². The van der Waals surface area contributed by atoms with Crippen molar-refractivity contribution in [2.75, 3.05) is 11.9 Å². The monoisotopic (exact) mass is 397 g/mol. The van der Waals surface area contributed by atoms with Crippen LogP contribution in [0.3, 0.4) is 0 Å². The van der Waals surface area contributed by atoms with Crippen molar-refractivity contribution in [3.05, 3.63) is 65.5 Å². The van der Waals surface area contributed by atoms with E-state index in [1.807, 2.05) is 0 Å². The van der Waals surface area contributed by atoms with E-state index in [1.54, 1.807) is 19.1 Å². The zero-order chi connectivity index (χ0) is 21.2. The number of hydrogen-bond acceptors (Lipinski definition) is 4. The first kappa shape index (κ1) is 20.2. The highest BCUT2D eigenvalue weighted by atomic mass is 19.1. The van der Waals surface area contributed by atoms with Gasteiger partial charge in [-0.15, -0.1) is 0 Å². The van der Waals surface area contributed by atoms with E-state index in [4.69, 9.17) is 0 Å². The molecule has 4 amide bonds. The molecule has 2 aromatic carbocycles. The largest absolute Gasteiger partial charge is 0.326 e. The quantitative estimate of drug-likeness (QED) is 0.579. The van der Waals surface area contributed by atoms with Gasteiger partial charge in [-0.05, 0) is 48.9 Å². The summed E-state index contributed by atoms with van der Waals surface area (Å²) >= 11 is 0. The zero-order valence-corrected chi connectivity index (χ0v) is 16.0. The minimum absolute atomic E-state index is 0.150. The molecule has 0 aromatic heterocycles. The second kappa shape index (κ2) is 7.83. The molecule has 0 bridgehead atoms. The lowest BCUT2D eigenvalue weighted by Crippen LogP contribution is -2.41. The van der Waals surface area contributed by atoms with Crippen molar-refractivity contribution < 1.29 is 23.6 Å². The second-order valence-electron chi connectivity index (χ2n) is 6.86. The third kappa shape index (κ3) is 4.01. The molecule has 7 nitrogen and oxygen atoms in total. The number of rotatable bonds is 6. The molecule has 0 radical (unpaired) electrons. The van der Waals surface area contributed by atoms with Crippen LogP contribution in [-0.2, 0) is 15.1 Å². The number of amides is 4. The molecule has 0 unspecified atom stereocenters. The van der Waals surface area contributed by atoms with Crippen molar-refractivity contribution in [3.8, 4) is 0 Å². The van der Waals surface area contributed by atoms with Gasteiger partial charge in [0.2, 0.25) is 5.91 Å². The molecule has 0 spiro atoms. The van der Waals surface area contributed by atoms with Gasteiger partial charge in [-0.3, -0.25) is 19.3 Å². The zero-order valence-electron chi connectivity index (χ0n) is 16.0. The maximum Gasteiger partial charge on any atom is 0.325 e. The SMILES string of the molecule is CCC(=O)Nc1ccc(C(=O)CN2C(=O)N[C@@](C)(c3ccc(F)cc3)C2=O)cc1. The van der Waals surface area contributed by atoms with Gasteiger partial charge in [0.1, 0.15) is 11.4 Å². The predicted octanol–water partition coefficient (Wildman–Crippen LogP) is 2.82. The summed E-state index contributed by atoms with van der Waals surface area (Å²) in [6.07, 6.45) is 0.333. The van der Waals surface area contributed by atoms with Gasteiger partial charge in [0.15, 0.2) is 5.78 Å². The van der Waals surface area contributed by atoms with Crippen molar-refractivity contribution in [1.29, 1.82) is 0 Å². The van der Waals surface area contributed by atoms with E-state index >= 15 is 0 Å². The Morgan fingerprint density at radius 3 is 2.28 bits per heavy atom. The molecule has 1 aliphatic rings.